The minimum absolute atomic E-state index is 0.0944. The van der Waals surface area contributed by atoms with Gasteiger partial charge in [-0.05, 0) is 32.4 Å². The lowest BCUT2D eigenvalue weighted by Crippen LogP contribution is -2.39. The van der Waals surface area contributed by atoms with E-state index >= 15 is 0 Å². The minimum Gasteiger partial charge on any atom is -0.370 e. The molecule has 1 atom stereocenters. The van der Waals surface area contributed by atoms with E-state index in [-0.39, 0.29) is 11.8 Å². The molecule has 1 fully saturated rings. The Bertz CT molecular complexity index is 712. The maximum Gasteiger partial charge on any atom is 0.227 e. The number of anilines is 1. The van der Waals surface area contributed by atoms with Crippen molar-refractivity contribution >= 4 is 11.6 Å². The van der Waals surface area contributed by atoms with Crippen molar-refractivity contribution in [3.05, 3.63) is 42.0 Å². The summed E-state index contributed by atoms with van der Waals surface area (Å²) in [7, 11) is 0. The first-order chi connectivity index (χ1) is 12.0. The number of carbonyl (C=O) groups excluding carboxylic acids is 1. The molecule has 6 heteroatoms. The molecule has 25 heavy (non-hydrogen) atoms. The van der Waals surface area contributed by atoms with E-state index in [9.17, 15) is 4.79 Å². The molecule has 0 spiro atoms. The van der Waals surface area contributed by atoms with Crippen molar-refractivity contribution in [2.75, 3.05) is 31.1 Å². The molecule has 1 aromatic heterocycles. The molecule has 0 aliphatic carbocycles. The summed E-state index contributed by atoms with van der Waals surface area (Å²) < 4.78 is 1.84. The van der Waals surface area contributed by atoms with Crippen molar-refractivity contribution in [2.24, 2.45) is 5.92 Å². The average molecular weight is 341 g/mol. The molecule has 1 aromatic carbocycles. The van der Waals surface area contributed by atoms with Gasteiger partial charge in [-0.2, -0.15) is 5.10 Å². The number of rotatable bonds is 4. The Kier molecular flexibility index (Phi) is 5.36. The molecule has 3 rings (SSSR count). The highest BCUT2D eigenvalue weighted by atomic mass is 16.2. The van der Waals surface area contributed by atoms with Crippen LogP contribution >= 0.6 is 0 Å². The van der Waals surface area contributed by atoms with Gasteiger partial charge in [-0.3, -0.25) is 4.79 Å². The van der Waals surface area contributed by atoms with Gasteiger partial charge in [-0.25, -0.2) is 9.67 Å². The molecule has 2 aromatic rings. The summed E-state index contributed by atoms with van der Waals surface area (Å²) in [5.41, 5.74) is 1.23. The third kappa shape index (κ3) is 4.18. The van der Waals surface area contributed by atoms with Crippen molar-refractivity contribution in [3.8, 4) is 0 Å². The SMILES string of the molecule is Cc1nc(C)n(C[C@H](C)C(=O)N2CCCN(c3ccccc3)CC2)n1. The smallest absolute Gasteiger partial charge is 0.227 e. The van der Waals surface area contributed by atoms with Crippen LogP contribution in [0, 0.1) is 19.8 Å². The van der Waals surface area contributed by atoms with Crippen LogP contribution in [0.15, 0.2) is 30.3 Å². The second-order valence-corrected chi connectivity index (χ2v) is 6.79. The number of hydrogen-bond acceptors (Lipinski definition) is 4. The highest BCUT2D eigenvalue weighted by molar-refractivity contribution is 5.78. The zero-order chi connectivity index (χ0) is 17.8. The Morgan fingerprint density at radius 2 is 1.88 bits per heavy atom. The van der Waals surface area contributed by atoms with E-state index in [1.807, 2.05) is 36.4 Å². The summed E-state index contributed by atoms with van der Waals surface area (Å²) in [6, 6.07) is 10.4. The third-order valence-electron chi connectivity index (χ3n) is 4.76. The van der Waals surface area contributed by atoms with Gasteiger partial charge in [-0.1, -0.05) is 25.1 Å². The molecule has 0 bridgehead atoms. The summed E-state index contributed by atoms with van der Waals surface area (Å²) in [4.78, 5) is 21.5. The fourth-order valence-corrected chi connectivity index (χ4v) is 3.42. The minimum atomic E-state index is -0.0944. The first kappa shape index (κ1) is 17.5. The quantitative estimate of drug-likeness (QED) is 0.856. The Morgan fingerprint density at radius 1 is 1.12 bits per heavy atom. The summed E-state index contributed by atoms with van der Waals surface area (Å²) in [5.74, 6) is 1.74. The molecule has 134 valence electrons. The Hall–Kier alpha value is -2.37. The molecule has 1 saturated heterocycles. The largest absolute Gasteiger partial charge is 0.370 e. The van der Waals surface area contributed by atoms with E-state index in [0.29, 0.717) is 6.54 Å². The summed E-state index contributed by atoms with van der Waals surface area (Å²) in [5, 5.41) is 4.37. The highest BCUT2D eigenvalue weighted by Gasteiger charge is 2.24. The van der Waals surface area contributed by atoms with Gasteiger partial charge in [0.1, 0.15) is 11.6 Å². The number of hydrogen-bond donors (Lipinski definition) is 0. The third-order valence-corrected chi connectivity index (χ3v) is 4.76. The summed E-state index contributed by atoms with van der Waals surface area (Å²) in [6.45, 7) is 9.84. The average Bonchev–Trinajstić information content (AvgIpc) is 2.80. The van der Waals surface area contributed by atoms with Gasteiger partial charge in [0.2, 0.25) is 5.91 Å². The van der Waals surface area contributed by atoms with E-state index < -0.39 is 0 Å². The molecule has 1 amide bonds. The van der Waals surface area contributed by atoms with Gasteiger partial charge in [0, 0.05) is 31.9 Å². The fourth-order valence-electron chi connectivity index (χ4n) is 3.42. The molecular weight excluding hydrogens is 314 g/mol. The Morgan fingerprint density at radius 3 is 2.56 bits per heavy atom. The lowest BCUT2D eigenvalue weighted by atomic mass is 10.1. The maximum absolute atomic E-state index is 12.9. The van der Waals surface area contributed by atoms with Crippen LogP contribution in [0.1, 0.15) is 25.0 Å². The second-order valence-electron chi connectivity index (χ2n) is 6.79. The van der Waals surface area contributed by atoms with Crippen LogP contribution in [0.3, 0.4) is 0 Å². The predicted molar refractivity (Wildman–Crippen MR) is 98.5 cm³/mol. The van der Waals surface area contributed by atoms with Gasteiger partial charge in [0.05, 0.1) is 12.5 Å². The molecule has 6 nitrogen and oxygen atoms in total. The van der Waals surface area contributed by atoms with E-state index in [1.165, 1.54) is 5.69 Å². The number of aryl methyl sites for hydroxylation is 2. The van der Waals surface area contributed by atoms with Gasteiger partial charge < -0.3 is 9.80 Å². The maximum atomic E-state index is 12.9. The van der Waals surface area contributed by atoms with E-state index in [2.05, 4.69) is 39.2 Å². The number of nitrogens with zero attached hydrogens (tertiary/aromatic N) is 5. The van der Waals surface area contributed by atoms with Crippen LogP contribution in [0.5, 0.6) is 0 Å². The molecule has 2 heterocycles. The normalized spacial score (nSPS) is 16.6. The molecule has 0 unspecified atom stereocenters. The molecule has 1 aliphatic rings. The van der Waals surface area contributed by atoms with Crippen molar-refractivity contribution in [1.82, 2.24) is 19.7 Å². The van der Waals surface area contributed by atoms with Crippen molar-refractivity contribution in [2.45, 2.75) is 33.7 Å². The molecule has 0 saturated carbocycles. The van der Waals surface area contributed by atoms with Crippen LogP contribution in [0.4, 0.5) is 5.69 Å². The van der Waals surface area contributed by atoms with E-state index in [1.54, 1.807) is 0 Å². The zero-order valence-corrected chi connectivity index (χ0v) is 15.4. The molecule has 0 N–H and O–H groups in total. The van der Waals surface area contributed by atoms with E-state index in [0.717, 1.165) is 44.2 Å². The predicted octanol–water partition coefficient (Wildman–Crippen LogP) is 2.27. The second kappa shape index (κ2) is 7.68. The summed E-state index contributed by atoms with van der Waals surface area (Å²) >= 11 is 0. The van der Waals surface area contributed by atoms with Gasteiger partial charge in [0.25, 0.3) is 0 Å². The number of aromatic nitrogens is 3. The van der Waals surface area contributed by atoms with Crippen molar-refractivity contribution < 1.29 is 4.79 Å². The number of benzene rings is 1. The highest BCUT2D eigenvalue weighted by Crippen LogP contribution is 2.17. The van der Waals surface area contributed by atoms with Gasteiger partial charge in [-0.15, -0.1) is 0 Å². The fraction of sp³-hybridized carbons (Fsp3) is 0.526. The van der Waals surface area contributed by atoms with Crippen molar-refractivity contribution in [3.63, 3.8) is 0 Å². The first-order valence-corrected chi connectivity index (χ1v) is 9.01. The first-order valence-electron chi connectivity index (χ1n) is 9.01. The van der Waals surface area contributed by atoms with Crippen LogP contribution in [-0.2, 0) is 11.3 Å². The summed E-state index contributed by atoms with van der Waals surface area (Å²) in [6.07, 6.45) is 0.995. The molecular formula is C19H27N5O. The van der Waals surface area contributed by atoms with Gasteiger partial charge in [0.15, 0.2) is 0 Å². The zero-order valence-electron chi connectivity index (χ0n) is 15.4. The Labute approximate surface area is 149 Å². The molecule has 0 radical (unpaired) electrons. The lowest BCUT2D eigenvalue weighted by molar-refractivity contribution is -0.135. The van der Waals surface area contributed by atoms with Crippen LogP contribution in [0.25, 0.3) is 0 Å². The number of amides is 1. The van der Waals surface area contributed by atoms with Crippen LogP contribution in [-0.4, -0.2) is 51.8 Å². The lowest BCUT2D eigenvalue weighted by Gasteiger charge is -2.25. The van der Waals surface area contributed by atoms with Crippen LogP contribution < -0.4 is 4.90 Å². The van der Waals surface area contributed by atoms with Crippen LogP contribution in [0.2, 0.25) is 0 Å². The number of carbonyl (C=O) groups is 1. The van der Waals surface area contributed by atoms with Gasteiger partial charge >= 0.3 is 0 Å². The van der Waals surface area contributed by atoms with Crippen molar-refractivity contribution in [1.29, 1.82) is 0 Å². The topological polar surface area (TPSA) is 54.3 Å². The van der Waals surface area contributed by atoms with E-state index in [4.69, 9.17) is 0 Å². The Balaban J connectivity index is 1.60. The monoisotopic (exact) mass is 341 g/mol. The number of para-hydroxylation sites is 1. The molecule has 1 aliphatic heterocycles. The standard InChI is InChI=1S/C19H27N5O/c1-15(14-24-17(3)20-16(2)21-24)19(25)23-11-7-10-22(12-13-23)18-8-5-4-6-9-18/h4-6,8-9,15H,7,10-14H2,1-3H3/t15-/m0/s1.